The number of thioether (sulfide) groups is 1. The van der Waals surface area contributed by atoms with Crippen molar-refractivity contribution in [1.29, 1.82) is 0 Å². The Hall–Kier alpha value is -0.800. The number of carbonyl (C=O) groups excluding carboxylic acids is 1. The summed E-state index contributed by atoms with van der Waals surface area (Å²) in [5.41, 5.74) is 2.36. The Morgan fingerprint density at radius 1 is 1.53 bits per heavy atom. The molecule has 1 fully saturated rings. The number of benzene rings is 1. The van der Waals surface area contributed by atoms with Crippen LogP contribution >= 0.6 is 11.8 Å². The monoisotopic (exact) mass is 249 g/mol. The van der Waals surface area contributed by atoms with Crippen molar-refractivity contribution in [2.45, 2.75) is 19.4 Å². The molecule has 0 N–H and O–H groups in total. The van der Waals surface area contributed by atoms with E-state index in [0.29, 0.717) is 12.2 Å². The molecule has 1 aromatic carbocycles. The molecule has 0 radical (unpaired) electrons. The fraction of sp³-hybridized carbons (Fsp3) is 0.500. The second kappa shape index (κ2) is 5.69. The Kier molecular flexibility index (Phi) is 4.24. The topological polar surface area (TPSA) is 20.3 Å². The van der Waals surface area contributed by atoms with Crippen molar-refractivity contribution in [3.05, 3.63) is 35.4 Å². The van der Waals surface area contributed by atoms with Gasteiger partial charge in [0, 0.05) is 24.5 Å². The summed E-state index contributed by atoms with van der Waals surface area (Å²) in [6.45, 7) is 3.09. The summed E-state index contributed by atoms with van der Waals surface area (Å²) in [4.78, 5) is 14.4. The van der Waals surface area contributed by atoms with Gasteiger partial charge < -0.3 is 0 Å². The van der Waals surface area contributed by atoms with E-state index in [1.54, 1.807) is 0 Å². The highest BCUT2D eigenvalue weighted by atomic mass is 32.2. The lowest BCUT2D eigenvalue weighted by Crippen LogP contribution is -2.45. The molecule has 2 rings (SSSR count). The van der Waals surface area contributed by atoms with Gasteiger partial charge in [0.25, 0.3) is 0 Å². The second-order valence-corrected chi connectivity index (χ2v) is 5.85. The van der Waals surface area contributed by atoms with Crippen molar-refractivity contribution < 1.29 is 4.79 Å². The lowest BCUT2D eigenvalue weighted by Gasteiger charge is -2.30. The van der Waals surface area contributed by atoms with Gasteiger partial charge in [0.1, 0.15) is 0 Å². The zero-order valence-electron chi connectivity index (χ0n) is 10.5. The van der Waals surface area contributed by atoms with Crippen molar-refractivity contribution >= 4 is 17.5 Å². The largest absolute Gasteiger partial charge is 0.298 e. The predicted molar refractivity (Wildman–Crippen MR) is 73.6 cm³/mol. The van der Waals surface area contributed by atoms with E-state index in [1.807, 2.05) is 23.9 Å². The van der Waals surface area contributed by atoms with E-state index in [2.05, 4.69) is 31.0 Å². The van der Waals surface area contributed by atoms with E-state index in [9.17, 15) is 4.79 Å². The quantitative estimate of drug-likeness (QED) is 0.819. The maximum Gasteiger partial charge on any atom is 0.155 e. The Morgan fingerprint density at radius 2 is 2.35 bits per heavy atom. The van der Waals surface area contributed by atoms with Crippen molar-refractivity contribution in [2.24, 2.45) is 0 Å². The molecule has 92 valence electrons. The zero-order chi connectivity index (χ0) is 12.3. The van der Waals surface area contributed by atoms with Gasteiger partial charge in [-0.15, -0.1) is 0 Å². The summed E-state index contributed by atoms with van der Waals surface area (Å²) in [6, 6.07) is 8.34. The highest BCUT2D eigenvalue weighted by Gasteiger charge is 2.25. The number of hydrogen-bond acceptors (Lipinski definition) is 3. The summed E-state index contributed by atoms with van der Waals surface area (Å²) in [6.07, 6.45) is 0.567. The van der Waals surface area contributed by atoms with Crippen LogP contribution in [0.2, 0.25) is 0 Å². The van der Waals surface area contributed by atoms with Crippen LogP contribution in [-0.2, 0) is 11.2 Å². The van der Waals surface area contributed by atoms with Crippen LogP contribution in [0.3, 0.4) is 0 Å². The number of nitrogens with zero attached hydrogens (tertiary/aromatic N) is 1. The molecular weight excluding hydrogens is 230 g/mol. The van der Waals surface area contributed by atoms with Gasteiger partial charge in [0.05, 0.1) is 6.04 Å². The second-order valence-electron chi connectivity index (χ2n) is 4.70. The molecule has 0 saturated carbocycles. The molecule has 1 aliphatic heterocycles. The Bertz CT molecular complexity index is 405. The van der Waals surface area contributed by atoms with Crippen molar-refractivity contribution in [3.63, 3.8) is 0 Å². The first-order valence-electron chi connectivity index (χ1n) is 6.03. The van der Waals surface area contributed by atoms with Gasteiger partial charge in [0.15, 0.2) is 5.78 Å². The van der Waals surface area contributed by atoms with Gasteiger partial charge >= 0.3 is 0 Å². The molecule has 1 atom stereocenters. The van der Waals surface area contributed by atoms with Crippen LogP contribution in [0.15, 0.2) is 24.3 Å². The number of rotatable bonds is 3. The average molecular weight is 249 g/mol. The number of carbonyl (C=O) groups is 1. The Balaban J connectivity index is 2.01. The summed E-state index contributed by atoms with van der Waals surface area (Å²) in [5, 5.41) is 0. The lowest BCUT2D eigenvalue weighted by molar-refractivity contribution is -0.122. The van der Waals surface area contributed by atoms with Crippen molar-refractivity contribution in [1.82, 2.24) is 4.90 Å². The lowest BCUT2D eigenvalue weighted by atomic mass is 10.0. The normalized spacial score (nSPS) is 21.4. The third kappa shape index (κ3) is 3.33. The average Bonchev–Trinajstić information content (AvgIpc) is 2.29. The molecule has 0 bridgehead atoms. The Labute approximate surface area is 107 Å². The van der Waals surface area contributed by atoms with Crippen LogP contribution < -0.4 is 0 Å². The molecule has 1 aromatic rings. The van der Waals surface area contributed by atoms with Crippen molar-refractivity contribution in [3.8, 4) is 0 Å². The van der Waals surface area contributed by atoms with Crippen LogP contribution in [0.5, 0.6) is 0 Å². The summed E-state index contributed by atoms with van der Waals surface area (Å²) in [5.74, 6) is 2.44. The molecule has 0 aliphatic carbocycles. The smallest absolute Gasteiger partial charge is 0.155 e. The highest BCUT2D eigenvalue weighted by Crippen LogP contribution is 2.17. The van der Waals surface area contributed by atoms with Gasteiger partial charge in [-0.05, 0) is 19.5 Å². The minimum atomic E-state index is 0.106. The maximum atomic E-state index is 12.2. The molecule has 1 unspecified atom stereocenters. The van der Waals surface area contributed by atoms with Gasteiger partial charge in [-0.3, -0.25) is 9.69 Å². The molecule has 1 aliphatic rings. The summed E-state index contributed by atoms with van der Waals surface area (Å²) < 4.78 is 0. The van der Waals surface area contributed by atoms with Crippen LogP contribution in [0.4, 0.5) is 0 Å². The number of hydrogen-bond donors (Lipinski definition) is 0. The summed E-state index contributed by atoms with van der Waals surface area (Å²) in [7, 11) is 2.05. The standard InChI is InChI=1S/C14H19NOS/c1-11-4-3-5-12(8-11)9-14(16)13-10-17-7-6-15(13)2/h3-5,8,13H,6-7,9-10H2,1-2H3. The molecule has 3 heteroatoms. The molecule has 0 aromatic heterocycles. The predicted octanol–water partition coefficient (Wildman–Crippen LogP) is 2.15. The summed E-state index contributed by atoms with van der Waals surface area (Å²) >= 11 is 1.89. The first-order chi connectivity index (χ1) is 8.16. The van der Waals surface area contributed by atoms with E-state index >= 15 is 0 Å². The Morgan fingerprint density at radius 3 is 3.06 bits per heavy atom. The number of aryl methyl sites for hydroxylation is 1. The minimum absolute atomic E-state index is 0.106. The van der Waals surface area contributed by atoms with Gasteiger partial charge in [-0.1, -0.05) is 29.8 Å². The number of Topliss-reactive ketones (excluding diaryl/α,β-unsaturated/α-hetero) is 1. The molecule has 17 heavy (non-hydrogen) atoms. The van der Waals surface area contributed by atoms with E-state index < -0.39 is 0 Å². The number of ketones is 1. The van der Waals surface area contributed by atoms with Gasteiger partial charge in [-0.25, -0.2) is 0 Å². The first kappa shape index (κ1) is 12.7. The van der Waals surface area contributed by atoms with Crippen LogP contribution in [0.1, 0.15) is 11.1 Å². The molecule has 0 spiro atoms. The first-order valence-corrected chi connectivity index (χ1v) is 7.18. The molecule has 1 saturated heterocycles. The molecule has 1 heterocycles. The van der Waals surface area contributed by atoms with Gasteiger partial charge in [0.2, 0.25) is 0 Å². The maximum absolute atomic E-state index is 12.2. The fourth-order valence-corrected chi connectivity index (χ4v) is 3.41. The third-order valence-electron chi connectivity index (χ3n) is 3.23. The van der Waals surface area contributed by atoms with Crippen LogP contribution in [0, 0.1) is 6.92 Å². The van der Waals surface area contributed by atoms with Crippen LogP contribution in [-0.4, -0.2) is 41.8 Å². The zero-order valence-corrected chi connectivity index (χ0v) is 11.3. The molecule has 2 nitrogen and oxygen atoms in total. The highest BCUT2D eigenvalue weighted by molar-refractivity contribution is 7.99. The third-order valence-corrected chi connectivity index (χ3v) is 4.25. The SMILES string of the molecule is Cc1cccc(CC(=O)C2CSCCN2C)c1. The van der Waals surface area contributed by atoms with E-state index in [4.69, 9.17) is 0 Å². The fourth-order valence-electron chi connectivity index (χ4n) is 2.17. The molecular formula is C14H19NOS. The number of likely N-dealkylation sites (N-methyl/N-ethyl adjacent to an activating group) is 1. The van der Waals surface area contributed by atoms with E-state index in [0.717, 1.165) is 23.6 Å². The minimum Gasteiger partial charge on any atom is -0.298 e. The van der Waals surface area contributed by atoms with Crippen molar-refractivity contribution in [2.75, 3.05) is 25.1 Å². The molecule has 0 amide bonds. The van der Waals surface area contributed by atoms with Gasteiger partial charge in [-0.2, -0.15) is 11.8 Å². The van der Waals surface area contributed by atoms with Crippen LogP contribution in [0.25, 0.3) is 0 Å². The van der Waals surface area contributed by atoms with E-state index in [1.165, 1.54) is 5.56 Å². The van der Waals surface area contributed by atoms with E-state index in [-0.39, 0.29) is 6.04 Å².